The standard InChI is InChI=1S/C43H31N/c1-28-23-29(2)25-33(24-28)42-36-18-8-10-20-38(36)43(39-21-11-9-19-37(39)42)41-27-32(26-40(44-41)31-14-4-3-5-15-31)35-22-12-16-30-13-6-7-17-34(30)35/h3-27H,1-2H3. The van der Waals surface area contributed by atoms with E-state index in [4.69, 9.17) is 4.98 Å². The lowest BCUT2D eigenvalue weighted by Crippen LogP contribution is -1.95. The largest absolute Gasteiger partial charge is 0.248 e. The fourth-order valence-electron chi connectivity index (χ4n) is 6.88. The van der Waals surface area contributed by atoms with E-state index in [-0.39, 0.29) is 0 Å². The highest BCUT2D eigenvalue weighted by atomic mass is 14.7. The van der Waals surface area contributed by atoms with Crippen molar-refractivity contribution in [3.8, 4) is 44.8 Å². The summed E-state index contributed by atoms with van der Waals surface area (Å²) in [5.41, 5.74) is 11.7. The van der Waals surface area contributed by atoms with Crippen LogP contribution in [0.2, 0.25) is 0 Å². The van der Waals surface area contributed by atoms with Gasteiger partial charge in [-0.15, -0.1) is 0 Å². The minimum atomic E-state index is 0.970. The molecule has 1 aromatic heterocycles. The SMILES string of the molecule is Cc1cc(C)cc(-c2c3ccccc3c(-c3cc(-c4cccc5ccccc45)cc(-c4ccccc4)n3)c3ccccc23)c1. The Kier molecular flexibility index (Phi) is 6.31. The molecule has 8 aromatic rings. The number of nitrogens with zero attached hydrogens (tertiary/aromatic N) is 1. The second-order valence-electron chi connectivity index (χ2n) is 11.7. The quantitative estimate of drug-likeness (QED) is 0.195. The molecule has 0 radical (unpaired) electrons. The van der Waals surface area contributed by atoms with Gasteiger partial charge in [0, 0.05) is 11.1 Å². The van der Waals surface area contributed by atoms with Crippen LogP contribution >= 0.6 is 0 Å². The van der Waals surface area contributed by atoms with Gasteiger partial charge < -0.3 is 0 Å². The van der Waals surface area contributed by atoms with E-state index < -0.39 is 0 Å². The summed E-state index contributed by atoms with van der Waals surface area (Å²) in [6, 6.07) is 54.8. The lowest BCUT2D eigenvalue weighted by molar-refractivity contribution is 1.33. The van der Waals surface area contributed by atoms with Crippen LogP contribution in [0.15, 0.2) is 152 Å². The molecule has 0 atom stereocenters. The van der Waals surface area contributed by atoms with E-state index in [0.29, 0.717) is 0 Å². The molecule has 0 saturated carbocycles. The van der Waals surface area contributed by atoms with Crippen LogP contribution in [-0.4, -0.2) is 4.98 Å². The van der Waals surface area contributed by atoms with Gasteiger partial charge in [-0.2, -0.15) is 0 Å². The second kappa shape index (κ2) is 10.6. The molecule has 0 aliphatic rings. The number of hydrogen-bond donors (Lipinski definition) is 0. The van der Waals surface area contributed by atoms with Crippen molar-refractivity contribution in [2.75, 3.05) is 0 Å². The van der Waals surface area contributed by atoms with Crippen LogP contribution in [0.4, 0.5) is 0 Å². The van der Waals surface area contributed by atoms with Gasteiger partial charge in [0.2, 0.25) is 0 Å². The number of aromatic nitrogens is 1. The molecule has 0 bridgehead atoms. The summed E-state index contributed by atoms with van der Waals surface area (Å²) >= 11 is 0. The molecular weight excluding hydrogens is 530 g/mol. The Morgan fingerprint density at radius 2 is 0.886 bits per heavy atom. The average molecular weight is 562 g/mol. The van der Waals surface area contributed by atoms with Crippen molar-refractivity contribution >= 4 is 32.3 Å². The zero-order valence-electron chi connectivity index (χ0n) is 24.9. The molecule has 7 aromatic carbocycles. The van der Waals surface area contributed by atoms with Gasteiger partial charge in [0.25, 0.3) is 0 Å². The first-order valence-electron chi connectivity index (χ1n) is 15.2. The Morgan fingerprint density at radius 1 is 0.364 bits per heavy atom. The van der Waals surface area contributed by atoms with Crippen molar-refractivity contribution in [1.29, 1.82) is 0 Å². The number of rotatable bonds is 4. The third-order valence-electron chi connectivity index (χ3n) is 8.69. The minimum Gasteiger partial charge on any atom is -0.248 e. The molecule has 0 spiro atoms. The van der Waals surface area contributed by atoms with E-state index >= 15 is 0 Å². The molecule has 0 amide bonds. The lowest BCUT2D eigenvalue weighted by atomic mass is 9.86. The molecule has 1 heterocycles. The van der Waals surface area contributed by atoms with E-state index in [2.05, 4.69) is 166 Å². The van der Waals surface area contributed by atoms with Crippen LogP contribution < -0.4 is 0 Å². The number of fused-ring (bicyclic) bond motifs is 3. The second-order valence-corrected chi connectivity index (χ2v) is 11.7. The number of aryl methyl sites for hydroxylation is 2. The van der Waals surface area contributed by atoms with Crippen LogP contribution in [-0.2, 0) is 0 Å². The number of benzene rings is 7. The van der Waals surface area contributed by atoms with Gasteiger partial charge in [0.1, 0.15) is 0 Å². The maximum absolute atomic E-state index is 5.41. The summed E-state index contributed by atoms with van der Waals surface area (Å²) in [6.45, 7) is 4.37. The average Bonchev–Trinajstić information content (AvgIpc) is 3.06. The van der Waals surface area contributed by atoms with E-state index in [0.717, 1.165) is 22.5 Å². The summed E-state index contributed by atoms with van der Waals surface area (Å²) < 4.78 is 0. The van der Waals surface area contributed by atoms with Crippen molar-refractivity contribution < 1.29 is 0 Å². The Morgan fingerprint density at radius 3 is 1.55 bits per heavy atom. The summed E-state index contributed by atoms with van der Waals surface area (Å²) in [4.78, 5) is 5.41. The van der Waals surface area contributed by atoms with Crippen LogP contribution in [0.5, 0.6) is 0 Å². The number of hydrogen-bond acceptors (Lipinski definition) is 1. The first kappa shape index (κ1) is 26.1. The minimum absolute atomic E-state index is 0.970. The number of pyridine rings is 1. The Balaban J connectivity index is 1.49. The van der Waals surface area contributed by atoms with Crippen molar-refractivity contribution in [2.45, 2.75) is 13.8 Å². The molecule has 0 aliphatic heterocycles. The van der Waals surface area contributed by atoms with Gasteiger partial charge >= 0.3 is 0 Å². The van der Waals surface area contributed by atoms with Gasteiger partial charge in [0.15, 0.2) is 0 Å². The van der Waals surface area contributed by atoms with Crippen molar-refractivity contribution in [3.63, 3.8) is 0 Å². The molecule has 0 aliphatic carbocycles. The molecule has 1 heteroatoms. The Hall–Kier alpha value is -5.53. The van der Waals surface area contributed by atoms with Crippen LogP contribution in [0.25, 0.3) is 77.1 Å². The fraction of sp³-hybridized carbons (Fsp3) is 0.0465. The molecule has 208 valence electrons. The highest BCUT2D eigenvalue weighted by Crippen LogP contribution is 2.45. The predicted molar refractivity (Wildman–Crippen MR) is 188 cm³/mol. The van der Waals surface area contributed by atoms with E-state index in [1.807, 2.05) is 0 Å². The van der Waals surface area contributed by atoms with E-state index in [9.17, 15) is 0 Å². The molecule has 0 N–H and O–H groups in total. The summed E-state index contributed by atoms with van der Waals surface area (Å²) in [6.07, 6.45) is 0. The van der Waals surface area contributed by atoms with Crippen molar-refractivity contribution in [2.24, 2.45) is 0 Å². The third kappa shape index (κ3) is 4.46. The monoisotopic (exact) mass is 561 g/mol. The predicted octanol–water partition coefficient (Wildman–Crippen LogP) is 11.8. The van der Waals surface area contributed by atoms with Crippen LogP contribution in [0.3, 0.4) is 0 Å². The Labute approximate surface area is 258 Å². The topological polar surface area (TPSA) is 12.9 Å². The first-order valence-corrected chi connectivity index (χ1v) is 15.2. The van der Waals surface area contributed by atoms with Gasteiger partial charge in [-0.3, -0.25) is 0 Å². The van der Waals surface area contributed by atoms with Crippen molar-refractivity contribution in [3.05, 3.63) is 163 Å². The molecule has 0 unspecified atom stereocenters. The van der Waals surface area contributed by atoms with Gasteiger partial charge in [0.05, 0.1) is 11.4 Å². The molecule has 8 rings (SSSR count). The molecular formula is C43H31N. The van der Waals surface area contributed by atoms with Crippen LogP contribution in [0.1, 0.15) is 11.1 Å². The zero-order chi connectivity index (χ0) is 29.6. The Bertz CT molecular complexity index is 2260. The maximum atomic E-state index is 5.41. The summed E-state index contributed by atoms with van der Waals surface area (Å²) in [7, 11) is 0. The lowest BCUT2D eigenvalue weighted by Gasteiger charge is -2.19. The van der Waals surface area contributed by atoms with Crippen LogP contribution in [0, 0.1) is 13.8 Å². The maximum Gasteiger partial charge on any atom is 0.0728 e. The third-order valence-corrected chi connectivity index (χ3v) is 8.69. The van der Waals surface area contributed by atoms with Gasteiger partial charge in [-0.1, -0.05) is 151 Å². The zero-order valence-corrected chi connectivity index (χ0v) is 24.9. The highest BCUT2D eigenvalue weighted by Gasteiger charge is 2.19. The summed E-state index contributed by atoms with van der Waals surface area (Å²) in [5, 5.41) is 7.38. The van der Waals surface area contributed by atoms with Crippen molar-refractivity contribution in [1.82, 2.24) is 4.98 Å². The van der Waals surface area contributed by atoms with E-state index in [1.54, 1.807) is 0 Å². The highest BCUT2D eigenvalue weighted by molar-refractivity contribution is 6.21. The normalized spacial score (nSPS) is 11.4. The molecule has 1 nitrogen and oxygen atoms in total. The van der Waals surface area contributed by atoms with Gasteiger partial charge in [-0.25, -0.2) is 4.98 Å². The first-order chi connectivity index (χ1) is 21.6. The smallest absolute Gasteiger partial charge is 0.0728 e. The summed E-state index contributed by atoms with van der Waals surface area (Å²) in [5.74, 6) is 0. The molecule has 44 heavy (non-hydrogen) atoms. The molecule has 0 fully saturated rings. The molecule has 0 saturated heterocycles. The van der Waals surface area contributed by atoms with E-state index in [1.165, 1.54) is 65.7 Å². The van der Waals surface area contributed by atoms with Gasteiger partial charge in [-0.05, 0) is 80.6 Å². The fourth-order valence-corrected chi connectivity index (χ4v) is 6.88.